The van der Waals surface area contributed by atoms with E-state index in [1.54, 1.807) is 0 Å². The van der Waals surface area contributed by atoms with Gasteiger partial charge in [-0.1, -0.05) is 6.07 Å². The van der Waals surface area contributed by atoms with Gasteiger partial charge in [0.2, 0.25) is 0 Å². The molecule has 1 aromatic carbocycles. The number of carbonyl (C=O) groups is 1. The van der Waals surface area contributed by atoms with E-state index in [2.05, 4.69) is 4.98 Å². The van der Waals surface area contributed by atoms with E-state index in [1.807, 2.05) is 0 Å². The molecule has 2 aromatic rings. The number of benzene rings is 1. The molecule has 17 heavy (non-hydrogen) atoms. The number of hydrogen-bond acceptors (Lipinski definition) is 2. The van der Waals surface area contributed by atoms with Crippen molar-refractivity contribution in [3.63, 3.8) is 0 Å². The fourth-order valence-corrected chi connectivity index (χ4v) is 1.41. The highest BCUT2D eigenvalue weighted by atomic mass is 19.1. The average molecular weight is 235 g/mol. The summed E-state index contributed by atoms with van der Waals surface area (Å²) in [5.41, 5.74) is 0.644. The first-order valence-corrected chi connectivity index (χ1v) is 4.72. The van der Waals surface area contributed by atoms with Gasteiger partial charge in [0, 0.05) is 17.8 Å². The van der Waals surface area contributed by atoms with Crippen LogP contribution >= 0.6 is 0 Å². The van der Waals surface area contributed by atoms with Gasteiger partial charge in [-0.15, -0.1) is 0 Å². The van der Waals surface area contributed by atoms with E-state index >= 15 is 0 Å². The molecule has 0 aliphatic carbocycles. The summed E-state index contributed by atoms with van der Waals surface area (Å²) in [5.74, 6) is -2.54. The Bertz CT molecular complexity index is 547. The summed E-state index contributed by atoms with van der Waals surface area (Å²) in [5, 5.41) is 8.65. The number of hydrogen-bond donors (Lipinski definition) is 1. The van der Waals surface area contributed by atoms with Gasteiger partial charge in [0.15, 0.2) is 0 Å². The third-order valence-electron chi connectivity index (χ3n) is 2.18. The molecule has 0 fully saturated rings. The summed E-state index contributed by atoms with van der Waals surface area (Å²) in [6.07, 6.45) is 1.26. The summed E-state index contributed by atoms with van der Waals surface area (Å²) in [7, 11) is 0. The lowest BCUT2D eigenvalue weighted by Crippen LogP contribution is -1.99. The van der Waals surface area contributed by atoms with Gasteiger partial charge in [-0.25, -0.2) is 18.6 Å². The first kappa shape index (κ1) is 11.2. The lowest BCUT2D eigenvalue weighted by molar-refractivity contribution is 0.0690. The van der Waals surface area contributed by atoms with Crippen molar-refractivity contribution in [1.82, 2.24) is 4.98 Å². The predicted molar refractivity (Wildman–Crippen MR) is 56.5 cm³/mol. The van der Waals surface area contributed by atoms with Crippen molar-refractivity contribution >= 4 is 5.97 Å². The number of halogens is 2. The quantitative estimate of drug-likeness (QED) is 0.870. The van der Waals surface area contributed by atoms with E-state index in [-0.39, 0.29) is 5.69 Å². The molecular formula is C12H7F2NO2. The Labute approximate surface area is 95.4 Å². The normalized spacial score (nSPS) is 10.2. The Kier molecular flexibility index (Phi) is 2.82. The highest BCUT2D eigenvalue weighted by Crippen LogP contribution is 2.20. The lowest BCUT2D eigenvalue weighted by Gasteiger charge is -2.02. The van der Waals surface area contributed by atoms with Gasteiger partial charge < -0.3 is 5.11 Å². The number of nitrogens with zero attached hydrogens (tertiary/aromatic N) is 1. The van der Waals surface area contributed by atoms with Crippen molar-refractivity contribution in [2.24, 2.45) is 0 Å². The second kappa shape index (κ2) is 4.29. The highest BCUT2D eigenvalue weighted by Gasteiger charge is 2.06. The summed E-state index contributed by atoms with van der Waals surface area (Å²) < 4.78 is 25.9. The third-order valence-corrected chi connectivity index (χ3v) is 2.18. The highest BCUT2D eigenvalue weighted by molar-refractivity contribution is 5.85. The number of rotatable bonds is 2. The number of aromatic nitrogens is 1. The van der Waals surface area contributed by atoms with Crippen molar-refractivity contribution in [3.05, 3.63) is 53.9 Å². The van der Waals surface area contributed by atoms with Crippen molar-refractivity contribution < 1.29 is 18.7 Å². The van der Waals surface area contributed by atoms with Gasteiger partial charge in [0.25, 0.3) is 0 Å². The number of aromatic carboxylic acids is 1. The maximum atomic E-state index is 13.0. The SMILES string of the molecule is O=C(O)c1ccc(-c2cc(F)cc(F)c2)cn1. The standard InChI is InChI=1S/C12H7F2NO2/c13-9-3-8(4-10(14)5-9)7-1-2-11(12(16)17)15-6-7/h1-6H,(H,16,17). The summed E-state index contributed by atoms with van der Waals surface area (Å²) in [6, 6.07) is 5.80. The van der Waals surface area contributed by atoms with Gasteiger partial charge in [0.1, 0.15) is 17.3 Å². The van der Waals surface area contributed by atoms with Crippen LogP contribution in [0.1, 0.15) is 10.5 Å². The fourth-order valence-electron chi connectivity index (χ4n) is 1.41. The molecule has 0 aliphatic heterocycles. The molecule has 0 aliphatic rings. The Hall–Kier alpha value is -2.30. The monoisotopic (exact) mass is 235 g/mol. The Morgan fingerprint density at radius 1 is 1.06 bits per heavy atom. The second-order valence-corrected chi connectivity index (χ2v) is 3.40. The van der Waals surface area contributed by atoms with Crippen LogP contribution in [0, 0.1) is 11.6 Å². The van der Waals surface area contributed by atoms with Crippen LogP contribution < -0.4 is 0 Å². The number of pyridine rings is 1. The van der Waals surface area contributed by atoms with Crippen LogP contribution in [0.25, 0.3) is 11.1 Å². The minimum absolute atomic E-state index is 0.120. The largest absolute Gasteiger partial charge is 0.477 e. The topological polar surface area (TPSA) is 50.2 Å². The molecule has 0 bridgehead atoms. The minimum atomic E-state index is -1.15. The van der Waals surface area contributed by atoms with Gasteiger partial charge in [-0.3, -0.25) is 0 Å². The molecule has 1 aromatic heterocycles. The van der Waals surface area contributed by atoms with Gasteiger partial charge >= 0.3 is 5.97 Å². The van der Waals surface area contributed by atoms with Crippen molar-refractivity contribution in [1.29, 1.82) is 0 Å². The number of carboxylic acid groups (broad SMARTS) is 1. The molecule has 0 atom stereocenters. The molecule has 0 saturated carbocycles. The van der Waals surface area contributed by atoms with Crippen LogP contribution in [0.4, 0.5) is 8.78 Å². The molecule has 0 spiro atoms. The van der Waals surface area contributed by atoms with Crippen molar-refractivity contribution in [2.75, 3.05) is 0 Å². The van der Waals surface area contributed by atoms with Crippen molar-refractivity contribution in [3.8, 4) is 11.1 Å². The summed E-state index contributed by atoms with van der Waals surface area (Å²) in [6.45, 7) is 0. The smallest absolute Gasteiger partial charge is 0.354 e. The van der Waals surface area contributed by atoms with Crippen LogP contribution in [0.5, 0.6) is 0 Å². The second-order valence-electron chi connectivity index (χ2n) is 3.40. The van der Waals surface area contributed by atoms with Crippen LogP contribution in [-0.4, -0.2) is 16.1 Å². The van der Waals surface area contributed by atoms with E-state index in [0.717, 1.165) is 18.2 Å². The summed E-state index contributed by atoms with van der Waals surface area (Å²) >= 11 is 0. The van der Waals surface area contributed by atoms with E-state index < -0.39 is 17.6 Å². The van der Waals surface area contributed by atoms with Crippen LogP contribution in [0.3, 0.4) is 0 Å². The zero-order valence-electron chi connectivity index (χ0n) is 8.52. The van der Waals surface area contributed by atoms with E-state index in [9.17, 15) is 13.6 Å². The van der Waals surface area contributed by atoms with Crippen LogP contribution in [-0.2, 0) is 0 Å². The molecule has 2 rings (SSSR count). The average Bonchev–Trinajstić information content (AvgIpc) is 2.28. The Balaban J connectivity index is 2.43. The Morgan fingerprint density at radius 2 is 1.71 bits per heavy atom. The number of carboxylic acids is 1. The summed E-state index contributed by atoms with van der Waals surface area (Å²) in [4.78, 5) is 14.2. The van der Waals surface area contributed by atoms with Crippen LogP contribution in [0.2, 0.25) is 0 Å². The fraction of sp³-hybridized carbons (Fsp3) is 0. The Morgan fingerprint density at radius 3 is 2.18 bits per heavy atom. The lowest BCUT2D eigenvalue weighted by atomic mass is 10.1. The van der Waals surface area contributed by atoms with Gasteiger partial charge in [-0.2, -0.15) is 0 Å². The van der Waals surface area contributed by atoms with E-state index in [0.29, 0.717) is 11.1 Å². The maximum absolute atomic E-state index is 13.0. The molecule has 1 N–H and O–H groups in total. The maximum Gasteiger partial charge on any atom is 0.354 e. The van der Waals surface area contributed by atoms with E-state index in [1.165, 1.54) is 18.3 Å². The van der Waals surface area contributed by atoms with E-state index in [4.69, 9.17) is 5.11 Å². The molecule has 86 valence electrons. The first-order valence-electron chi connectivity index (χ1n) is 4.72. The molecule has 0 unspecified atom stereocenters. The predicted octanol–water partition coefficient (Wildman–Crippen LogP) is 2.73. The molecule has 1 heterocycles. The molecule has 0 radical (unpaired) electrons. The third kappa shape index (κ3) is 2.44. The van der Waals surface area contributed by atoms with Crippen LogP contribution in [0.15, 0.2) is 36.5 Å². The molecule has 0 saturated heterocycles. The van der Waals surface area contributed by atoms with Gasteiger partial charge in [0.05, 0.1) is 0 Å². The molecular weight excluding hydrogens is 228 g/mol. The first-order chi connectivity index (χ1) is 8.06. The minimum Gasteiger partial charge on any atom is -0.477 e. The zero-order valence-corrected chi connectivity index (χ0v) is 8.52. The molecule has 0 amide bonds. The van der Waals surface area contributed by atoms with Gasteiger partial charge in [-0.05, 0) is 23.8 Å². The van der Waals surface area contributed by atoms with Crippen molar-refractivity contribution in [2.45, 2.75) is 0 Å². The molecule has 5 heteroatoms. The zero-order chi connectivity index (χ0) is 12.4. The molecule has 3 nitrogen and oxygen atoms in total.